The number of fused-ring (bicyclic) bond motifs is 2. The van der Waals surface area contributed by atoms with Gasteiger partial charge in [0.1, 0.15) is 17.3 Å². The molecule has 1 aliphatic carbocycles. The Labute approximate surface area is 183 Å². The maximum atomic E-state index is 13.8. The molecule has 162 valence electrons. The van der Waals surface area contributed by atoms with Crippen LogP contribution in [0.2, 0.25) is 0 Å². The number of amides is 1. The maximum absolute atomic E-state index is 13.8. The van der Waals surface area contributed by atoms with Crippen LogP contribution in [0.15, 0.2) is 54.4 Å². The van der Waals surface area contributed by atoms with Crippen LogP contribution in [0.25, 0.3) is 6.08 Å². The first-order valence-electron chi connectivity index (χ1n) is 10.4. The number of benzene rings is 1. The second kappa shape index (κ2) is 7.71. The second-order valence-electron chi connectivity index (χ2n) is 8.28. The van der Waals surface area contributed by atoms with E-state index in [0.717, 1.165) is 22.4 Å². The molecule has 1 N–H and O–H groups in total. The molecule has 0 saturated carbocycles. The number of nitrogens with zero attached hydrogens (tertiary/aromatic N) is 3. The smallest absolute Gasteiger partial charge is 0.410 e. The van der Waals surface area contributed by atoms with Crippen LogP contribution in [0.5, 0.6) is 5.75 Å². The van der Waals surface area contributed by atoms with Crippen LogP contribution in [0.4, 0.5) is 9.18 Å². The first-order chi connectivity index (χ1) is 15.4. The number of pyridine rings is 1. The van der Waals surface area contributed by atoms with Gasteiger partial charge in [-0.2, -0.15) is 5.10 Å². The van der Waals surface area contributed by atoms with Gasteiger partial charge >= 0.3 is 6.09 Å². The van der Waals surface area contributed by atoms with Crippen molar-refractivity contribution in [1.82, 2.24) is 20.1 Å². The van der Waals surface area contributed by atoms with Crippen LogP contribution >= 0.6 is 0 Å². The molecule has 1 unspecified atom stereocenters. The molecule has 1 aliphatic heterocycles. The molecular weight excluding hydrogens is 411 g/mol. The van der Waals surface area contributed by atoms with Crippen LogP contribution in [-0.2, 0) is 6.42 Å². The van der Waals surface area contributed by atoms with E-state index in [2.05, 4.69) is 15.2 Å². The molecule has 5 rings (SSSR count). The fraction of sp³-hybridized carbons (Fsp3) is 0.250. The molecule has 1 amide bonds. The number of carbonyl (C=O) groups is 2. The highest BCUT2D eigenvalue weighted by Crippen LogP contribution is 2.45. The molecule has 1 saturated heterocycles. The first-order valence-corrected chi connectivity index (χ1v) is 10.4. The van der Waals surface area contributed by atoms with Crippen LogP contribution in [0.3, 0.4) is 0 Å². The largest absolute Gasteiger partial charge is 0.415 e. The minimum atomic E-state index is -0.947. The number of Topliss-reactive ketones (excluding diaryl/α,β-unsaturated/α-hetero) is 1. The normalized spacial score (nSPS) is 19.6. The van der Waals surface area contributed by atoms with Crippen LogP contribution in [0.1, 0.15) is 33.7 Å². The van der Waals surface area contributed by atoms with Gasteiger partial charge in [0.2, 0.25) is 0 Å². The van der Waals surface area contributed by atoms with Crippen molar-refractivity contribution in [3.8, 4) is 5.75 Å². The standard InChI is InChI=1S/C24H21FN4O3/c1-15-6-8-26-21(10-15)22(30)24-12-16-13-27-28-20(16)11-17(24)7-9-29(14-24)23(31)32-19-4-2-18(25)3-5-19/h2-6,8,10-11,13H,7,9,12,14H2,1H3,(H,27,28). The minimum absolute atomic E-state index is 0.126. The molecule has 0 radical (unpaired) electrons. The van der Waals surface area contributed by atoms with Crippen molar-refractivity contribution in [3.63, 3.8) is 0 Å². The van der Waals surface area contributed by atoms with Gasteiger partial charge in [-0.05, 0) is 73.4 Å². The Morgan fingerprint density at radius 3 is 2.81 bits per heavy atom. The lowest BCUT2D eigenvalue weighted by atomic mass is 9.65. The summed E-state index contributed by atoms with van der Waals surface area (Å²) in [6.07, 6.45) is 5.68. The van der Waals surface area contributed by atoms with Gasteiger partial charge in [-0.3, -0.25) is 14.9 Å². The zero-order chi connectivity index (χ0) is 22.3. The van der Waals surface area contributed by atoms with Gasteiger partial charge in [0, 0.05) is 19.3 Å². The summed E-state index contributed by atoms with van der Waals surface area (Å²) >= 11 is 0. The Hall–Kier alpha value is -3.81. The Morgan fingerprint density at radius 1 is 1.22 bits per heavy atom. The Kier molecular flexibility index (Phi) is 4.84. The maximum Gasteiger partial charge on any atom is 0.415 e. The lowest BCUT2D eigenvalue weighted by molar-refractivity contribution is 0.0695. The quantitative estimate of drug-likeness (QED) is 0.633. The summed E-state index contributed by atoms with van der Waals surface area (Å²) < 4.78 is 18.6. The zero-order valence-corrected chi connectivity index (χ0v) is 17.5. The third-order valence-electron chi connectivity index (χ3n) is 6.15. The Morgan fingerprint density at radius 2 is 2.03 bits per heavy atom. The molecule has 1 atom stereocenters. The number of aromatic nitrogens is 3. The third kappa shape index (κ3) is 3.47. The number of aryl methyl sites for hydroxylation is 1. The summed E-state index contributed by atoms with van der Waals surface area (Å²) in [4.78, 5) is 32.6. The molecule has 8 heteroatoms. The van der Waals surface area contributed by atoms with E-state index in [9.17, 15) is 14.0 Å². The van der Waals surface area contributed by atoms with Crippen LogP contribution in [0, 0.1) is 18.2 Å². The average Bonchev–Trinajstić information content (AvgIpc) is 3.25. The zero-order valence-electron chi connectivity index (χ0n) is 17.5. The van der Waals surface area contributed by atoms with Crippen molar-refractivity contribution in [2.24, 2.45) is 5.41 Å². The van der Waals surface area contributed by atoms with Gasteiger partial charge in [0.05, 0.1) is 17.3 Å². The number of ketones is 1. The van der Waals surface area contributed by atoms with Crippen molar-refractivity contribution >= 4 is 18.0 Å². The van der Waals surface area contributed by atoms with Gasteiger partial charge in [-0.25, -0.2) is 9.18 Å². The molecule has 7 nitrogen and oxygen atoms in total. The van der Waals surface area contributed by atoms with Crippen molar-refractivity contribution in [2.75, 3.05) is 13.1 Å². The highest BCUT2D eigenvalue weighted by atomic mass is 19.1. The van der Waals surface area contributed by atoms with E-state index in [0.29, 0.717) is 25.1 Å². The minimum Gasteiger partial charge on any atom is -0.410 e. The van der Waals surface area contributed by atoms with E-state index in [1.54, 1.807) is 23.4 Å². The molecule has 1 fully saturated rings. The fourth-order valence-electron chi connectivity index (χ4n) is 4.49. The number of halogens is 1. The summed E-state index contributed by atoms with van der Waals surface area (Å²) in [6, 6.07) is 8.88. The van der Waals surface area contributed by atoms with Gasteiger partial charge < -0.3 is 9.64 Å². The number of ether oxygens (including phenoxy) is 1. The Balaban J connectivity index is 1.48. The monoisotopic (exact) mass is 432 g/mol. The lowest BCUT2D eigenvalue weighted by Gasteiger charge is -2.44. The third-order valence-corrected chi connectivity index (χ3v) is 6.15. The van der Waals surface area contributed by atoms with E-state index in [1.165, 1.54) is 24.3 Å². The van der Waals surface area contributed by atoms with E-state index in [1.807, 2.05) is 19.1 Å². The number of rotatable bonds is 3. The number of nitrogens with one attached hydrogen (secondary N) is 1. The number of piperidine rings is 1. The highest BCUT2D eigenvalue weighted by Gasteiger charge is 2.50. The van der Waals surface area contributed by atoms with Gasteiger partial charge in [0.25, 0.3) is 0 Å². The molecule has 0 bridgehead atoms. The van der Waals surface area contributed by atoms with Gasteiger partial charge in [-0.15, -0.1) is 0 Å². The Bertz CT molecular complexity index is 1230. The molecule has 3 aromatic rings. The van der Waals surface area contributed by atoms with E-state index in [4.69, 9.17) is 4.74 Å². The van der Waals surface area contributed by atoms with Crippen molar-refractivity contribution < 1.29 is 18.7 Å². The second-order valence-corrected chi connectivity index (χ2v) is 8.28. The van der Waals surface area contributed by atoms with Crippen molar-refractivity contribution in [3.05, 3.63) is 82.7 Å². The average molecular weight is 432 g/mol. The molecular formula is C24H21FN4O3. The fourth-order valence-corrected chi connectivity index (χ4v) is 4.49. The molecule has 3 heterocycles. The molecule has 0 spiro atoms. The number of hydrogen-bond donors (Lipinski definition) is 1. The van der Waals surface area contributed by atoms with Gasteiger partial charge in [-0.1, -0.05) is 5.57 Å². The summed E-state index contributed by atoms with van der Waals surface area (Å²) in [7, 11) is 0. The van der Waals surface area contributed by atoms with Crippen molar-refractivity contribution in [2.45, 2.75) is 19.8 Å². The van der Waals surface area contributed by atoms with E-state index in [-0.39, 0.29) is 18.1 Å². The SMILES string of the molecule is Cc1ccnc(C(=O)C23Cc4cn[nH]c4C=C2CCN(C(=O)Oc2ccc(F)cc2)C3)c1. The summed E-state index contributed by atoms with van der Waals surface area (Å²) in [5.41, 5.74) is 3.13. The summed E-state index contributed by atoms with van der Waals surface area (Å²) in [6.45, 7) is 2.48. The number of H-pyrrole nitrogens is 1. The molecule has 1 aromatic carbocycles. The summed E-state index contributed by atoms with van der Waals surface area (Å²) in [5.74, 6) is -0.288. The van der Waals surface area contributed by atoms with Gasteiger partial charge in [0.15, 0.2) is 5.78 Å². The predicted octanol–water partition coefficient (Wildman–Crippen LogP) is 3.97. The predicted molar refractivity (Wildman–Crippen MR) is 115 cm³/mol. The lowest BCUT2D eigenvalue weighted by Crippen LogP contribution is -2.53. The topological polar surface area (TPSA) is 88.2 Å². The number of hydrogen-bond acceptors (Lipinski definition) is 5. The molecule has 2 aliphatic rings. The molecule has 32 heavy (non-hydrogen) atoms. The number of aromatic amines is 1. The van der Waals surface area contributed by atoms with E-state index < -0.39 is 17.3 Å². The highest BCUT2D eigenvalue weighted by molar-refractivity contribution is 6.03. The molecule has 2 aromatic heterocycles. The number of likely N-dealkylation sites (tertiary alicyclic amines) is 1. The van der Waals surface area contributed by atoms with Crippen molar-refractivity contribution in [1.29, 1.82) is 0 Å². The summed E-state index contributed by atoms with van der Waals surface area (Å²) in [5, 5.41) is 7.10. The first kappa shape index (κ1) is 20.1. The number of carbonyl (C=O) groups excluding carboxylic acids is 2. The van der Waals surface area contributed by atoms with E-state index >= 15 is 0 Å². The van der Waals surface area contributed by atoms with Crippen LogP contribution < -0.4 is 4.74 Å². The van der Waals surface area contributed by atoms with Crippen LogP contribution in [-0.4, -0.2) is 45.0 Å².